The molecule has 0 bridgehead atoms. The fourth-order valence-corrected chi connectivity index (χ4v) is 4.19. The Hall–Kier alpha value is -1.60. The van der Waals surface area contributed by atoms with Crippen LogP contribution in [0.1, 0.15) is 23.7 Å². The van der Waals surface area contributed by atoms with Crippen molar-refractivity contribution in [3.05, 3.63) is 34.3 Å². The van der Waals surface area contributed by atoms with Crippen molar-refractivity contribution in [1.82, 2.24) is 4.98 Å². The van der Waals surface area contributed by atoms with E-state index >= 15 is 0 Å². The molecule has 0 radical (unpaired) electrons. The molecule has 7 heteroatoms. The van der Waals surface area contributed by atoms with E-state index in [2.05, 4.69) is 9.71 Å². The molecule has 0 atom stereocenters. The van der Waals surface area contributed by atoms with Gasteiger partial charge in [0, 0.05) is 5.38 Å². The first-order valence-corrected chi connectivity index (χ1v) is 8.88. The van der Waals surface area contributed by atoms with Crippen molar-refractivity contribution in [2.45, 2.75) is 32.6 Å². The van der Waals surface area contributed by atoms with E-state index in [1.807, 2.05) is 20.8 Å². The Morgan fingerprint density at radius 3 is 2.52 bits per heavy atom. The number of nitrogens with zero attached hydrogens (tertiary/aromatic N) is 1. The van der Waals surface area contributed by atoms with Crippen molar-refractivity contribution < 1.29 is 13.2 Å². The van der Waals surface area contributed by atoms with Crippen molar-refractivity contribution in [3.8, 4) is 5.75 Å². The average Bonchev–Trinajstić information content (AvgIpc) is 2.78. The van der Waals surface area contributed by atoms with Gasteiger partial charge in [-0.05, 0) is 51.0 Å². The Kier molecular flexibility index (Phi) is 4.53. The molecule has 1 heterocycles. The van der Waals surface area contributed by atoms with Crippen LogP contribution in [0.25, 0.3) is 0 Å². The molecule has 5 nitrogen and oxygen atoms in total. The predicted octanol–water partition coefficient (Wildman–Crippen LogP) is 3.27. The third kappa shape index (κ3) is 3.54. The summed E-state index contributed by atoms with van der Waals surface area (Å²) >= 11 is 1.27. The zero-order chi connectivity index (χ0) is 15.6. The fourth-order valence-electron chi connectivity index (χ4n) is 1.93. The van der Waals surface area contributed by atoms with Crippen molar-refractivity contribution in [2.75, 3.05) is 11.3 Å². The smallest absolute Gasteiger partial charge is 0.263 e. The van der Waals surface area contributed by atoms with E-state index in [1.165, 1.54) is 11.3 Å². The first-order valence-electron chi connectivity index (χ1n) is 6.52. The highest BCUT2D eigenvalue weighted by molar-refractivity contribution is 7.93. The Morgan fingerprint density at radius 2 is 1.95 bits per heavy atom. The van der Waals surface area contributed by atoms with Gasteiger partial charge in [-0.15, -0.1) is 11.3 Å². The van der Waals surface area contributed by atoms with Crippen molar-refractivity contribution in [1.29, 1.82) is 0 Å². The third-order valence-electron chi connectivity index (χ3n) is 2.90. The van der Waals surface area contributed by atoms with Crippen LogP contribution in [0.15, 0.2) is 22.4 Å². The van der Waals surface area contributed by atoms with E-state index in [9.17, 15) is 8.42 Å². The van der Waals surface area contributed by atoms with E-state index in [1.54, 1.807) is 24.4 Å². The summed E-state index contributed by atoms with van der Waals surface area (Å²) in [5.74, 6) is 0.707. The molecule has 1 aromatic carbocycles. The van der Waals surface area contributed by atoms with Gasteiger partial charge in [-0.3, -0.25) is 4.72 Å². The molecule has 1 aromatic heterocycles. The standard InChI is InChI=1S/C14H18N2O3S2/c1-5-19-12-6-10(3)13(7-9(12)2)21(17,18)16-14-15-11(4)8-20-14/h6-8H,5H2,1-4H3,(H,15,16). The lowest BCUT2D eigenvalue weighted by molar-refractivity contribution is 0.337. The summed E-state index contributed by atoms with van der Waals surface area (Å²) in [6.45, 7) is 7.84. The molecule has 0 spiro atoms. The second-order valence-corrected chi connectivity index (χ2v) is 7.22. The molecule has 0 saturated carbocycles. The second-order valence-electron chi connectivity index (χ2n) is 4.72. The summed E-state index contributed by atoms with van der Waals surface area (Å²) in [6.07, 6.45) is 0. The molecule has 0 aliphatic carbocycles. The summed E-state index contributed by atoms with van der Waals surface area (Å²) in [5.41, 5.74) is 2.22. The average molecular weight is 326 g/mol. The Labute approximate surface area is 129 Å². The maximum Gasteiger partial charge on any atom is 0.263 e. The number of hydrogen-bond donors (Lipinski definition) is 1. The van der Waals surface area contributed by atoms with Crippen LogP contribution in [0, 0.1) is 20.8 Å². The molecule has 0 aliphatic heterocycles. The number of hydrogen-bond acceptors (Lipinski definition) is 5. The number of aryl methyl sites for hydroxylation is 3. The third-order valence-corrected chi connectivity index (χ3v) is 5.39. The van der Waals surface area contributed by atoms with Crippen LogP contribution in [0.3, 0.4) is 0 Å². The van der Waals surface area contributed by atoms with E-state index in [0.717, 1.165) is 11.3 Å². The SMILES string of the molecule is CCOc1cc(C)c(S(=O)(=O)Nc2nc(C)cs2)cc1C. The molecule has 0 aliphatic rings. The van der Waals surface area contributed by atoms with Crippen LogP contribution < -0.4 is 9.46 Å². The van der Waals surface area contributed by atoms with Crippen molar-refractivity contribution >= 4 is 26.5 Å². The van der Waals surface area contributed by atoms with Gasteiger partial charge < -0.3 is 4.74 Å². The van der Waals surface area contributed by atoms with E-state index in [-0.39, 0.29) is 4.90 Å². The van der Waals surface area contributed by atoms with E-state index in [4.69, 9.17) is 4.74 Å². The summed E-state index contributed by atoms with van der Waals surface area (Å²) in [4.78, 5) is 4.37. The molecule has 0 saturated heterocycles. The molecule has 0 amide bonds. The molecular formula is C14H18N2O3S2. The summed E-state index contributed by atoms with van der Waals surface area (Å²) in [5, 5.41) is 2.17. The van der Waals surface area contributed by atoms with Gasteiger partial charge in [0.1, 0.15) is 5.75 Å². The lowest BCUT2D eigenvalue weighted by Gasteiger charge is -2.13. The number of ether oxygens (including phenoxy) is 1. The topological polar surface area (TPSA) is 68.3 Å². The molecule has 21 heavy (non-hydrogen) atoms. The minimum atomic E-state index is -3.64. The summed E-state index contributed by atoms with van der Waals surface area (Å²) in [6, 6.07) is 3.38. The second kappa shape index (κ2) is 6.03. The number of nitrogens with one attached hydrogen (secondary N) is 1. The monoisotopic (exact) mass is 326 g/mol. The van der Waals surface area contributed by atoms with Crippen LogP contribution in [0.4, 0.5) is 5.13 Å². The molecule has 0 unspecified atom stereocenters. The molecule has 114 valence electrons. The molecule has 0 fully saturated rings. The normalized spacial score (nSPS) is 11.4. The van der Waals surface area contributed by atoms with Crippen molar-refractivity contribution in [3.63, 3.8) is 0 Å². The zero-order valence-corrected chi connectivity index (χ0v) is 14.1. The lowest BCUT2D eigenvalue weighted by atomic mass is 10.1. The first-order chi connectivity index (χ1) is 9.83. The highest BCUT2D eigenvalue weighted by Gasteiger charge is 2.20. The number of thiazole rings is 1. The van der Waals surface area contributed by atoms with E-state index in [0.29, 0.717) is 23.1 Å². The quantitative estimate of drug-likeness (QED) is 0.915. The van der Waals surface area contributed by atoms with E-state index < -0.39 is 10.0 Å². The Morgan fingerprint density at radius 1 is 1.24 bits per heavy atom. The van der Waals surface area contributed by atoms with Crippen molar-refractivity contribution in [2.24, 2.45) is 0 Å². The summed E-state index contributed by atoms with van der Waals surface area (Å²) < 4.78 is 32.9. The van der Waals surface area contributed by atoms with Gasteiger partial charge in [-0.2, -0.15) is 0 Å². The molecule has 2 rings (SSSR count). The van der Waals surface area contributed by atoms with Gasteiger partial charge in [0.2, 0.25) is 0 Å². The van der Waals surface area contributed by atoms with Gasteiger partial charge in [-0.1, -0.05) is 0 Å². The Bertz CT molecular complexity index is 752. The van der Waals surface area contributed by atoms with Gasteiger partial charge >= 0.3 is 0 Å². The largest absolute Gasteiger partial charge is 0.494 e. The molecule has 2 aromatic rings. The number of aromatic nitrogens is 1. The van der Waals surface area contributed by atoms with Crippen LogP contribution in [-0.2, 0) is 10.0 Å². The lowest BCUT2D eigenvalue weighted by Crippen LogP contribution is -2.14. The van der Waals surface area contributed by atoms with Crippen LogP contribution in [0.5, 0.6) is 5.75 Å². The fraction of sp³-hybridized carbons (Fsp3) is 0.357. The van der Waals surface area contributed by atoms with Gasteiger partial charge in [0.15, 0.2) is 5.13 Å². The van der Waals surface area contributed by atoms with Crippen LogP contribution >= 0.6 is 11.3 Å². The number of anilines is 1. The summed E-state index contributed by atoms with van der Waals surface area (Å²) in [7, 11) is -3.64. The number of benzene rings is 1. The molecular weight excluding hydrogens is 308 g/mol. The molecule has 1 N–H and O–H groups in total. The predicted molar refractivity (Wildman–Crippen MR) is 84.7 cm³/mol. The van der Waals surface area contributed by atoms with Gasteiger partial charge in [-0.25, -0.2) is 13.4 Å². The maximum absolute atomic E-state index is 12.5. The van der Waals surface area contributed by atoms with Gasteiger partial charge in [0.25, 0.3) is 10.0 Å². The highest BCUT2D eigenvalue weighted by Crippen LogP contribution is 2.28. The minimum Gasteiger partial charge on any atom is -0.494 e. The van der Waals surface area contributed by atoms with Crippen LogP contribution in [0.2, 0.25) is 0 Å². The highest BCUT2D eigenvalue weighted by atomic mass is 32.2. The Balaban J connectivity index is 2.38. The zero-order valence-electron chi connectivity index (χ0n) is 12.4. The first kappa shape index (κ1) is 15.8. The number of rotatable bonds is 5. The minimum absolute atomic E-state index is 0.247. The van der Waals surface area contributed by atoms with Crippen LogP contribution in [-0.4, -0.2) is 20.0 Å². The maximum atomic E-state index is 12.5. The number of sulfonamides is 1. The van der Waals surface area contributed by atoms with Gasteiger partial charge in [0.05, 0.1) is 17.2 Å².